The van der Waals surface area contributed by atoms with Crippen molar-refractivity contribution in [2.24, 2.45) is 5.73 Å². The fourth-order valence-electron chi connectivity index (χ4n) is 1.83. The molecule has 4 N–H and O–H groups in total. The minimum Gasteiger partial charge on any atom is -0.427 e. The molecule has 0 bridgehead atoms. The van der Waals surface area contributed by atoms with Gasteiger partial charge in [0.05, 0.1) is 0 Å². The number of unbranched alkanes of at least 4 members (excludes halogenated alkanes) is 1. The van der Waals surface area contributed by atoms with E-state index in [2.05, 4.69) is 4.90 Å². The number of nitrogens with two attached hydrogens (primary N) is 1. The van der Waals surface area contributed by atoms with E-state index in [1.54, 1.807) is 0 Å². The Morgan fingerprint density at radius 2 is 1.83 bits per heavy atom. The molecule has 0 spiro atoms. The monoisotopic (exact) mass is 258 g/mol. The van der Waals surface area contributed by atoms with Crippen LogP contribution in [0.1, 0.15) is 32.1 Å². The van der Waals surface area contributed by atoms with Gasteiger partial charge in [0.1, 0.15) is 0 Å². The topological polar surface area (TPSA) is 104 Å². The van der Waals surface area contributed by atoms with Crippen LogP contribution < -0.4 is 5.73 Å². The van der Waals surface area contributed by atoms with Gasteiger partial charge in [0.2, 0.25) is 0 Å². The molecule has 0 aliphatic carbocycles. The third-order valence-electron chi connectivity index (χ3n) is 3.05. The molecule has 18 heavy (non-hydrogen) atoms. The Labute approximate surface area is 108 Å². The molecular weight excluding hydrogens is 235 g/mol. The van der Waals surface area contributed by atoms with Crippen molar-refractivity contribution in [3.8, 4) is 0 Å². The lowest BCUT2D eigenvalue weighted by Crippen LogP contribution is -2.39. The van der Waals surface area contributed by atoms with Crippen molar-refractivity contribution in [1.29, 1.82) is 0 Å². The first-order valence-corrected chi connectivity index (χ1v) is 6.43. The first kappa shape index (κ1) is 17.3. The Kier molecular flexibility index (Phi) is 10.9. The Bertz CT molecular complexity index is 231. The molecule has 1 heterocycles. The van der Waals surface area contributed by atoms with Crippen LogP contribution in [-0.2, 0) is 9.59 Å². The van der Waals surface area contributed by atoms with Crippen LogP contribution in [0.2, 0.25) is 6.32 Å². The van der Waals surface area contributed by atoms with Gasteiger partial charge < -0.3 is 20.7 Å². The van der Waals surface area contributed by atoms with E-state index in [1.165, 1.54) is 19.5 Å². The molecule has 1 aliphatic rings. The number of nitrogens with zero attached hydrogens (tertiary/aromatic N) is 1. The summed E-state index contributed by atoms with van der Waals surface area (Å²) in [6.07, 6.45) is 5.98. The third-order valence-corrected chi connectivity index (χ3v) is 3.05. The second-order valence-electron chi connectivity index (χ2n) is 4.59. The molecule has 1 fully saturated rings. The molecule has 0 aromatic heterocycles. The third kappa shape index (κ3) is 10.4. The van der Waals surface area contributed by atoms with Crippen molar-refractivity contribution in [3.63, 3.8) is 0 Å². The van der Waals surface area contributed by atoms with Crippen molar-refractivity contribution in [2.45, 2.75) is 44.5 Å². The molecule has 1 rings (SSSR count). The lowest BCUT2D eigenvalue weighted by Gasteiger charge is -2.31. The van der Waals surface area contributed by atoms with Gasteiger partial charge in [0.15, 0.2) is 0 Å². The molecule has 0 saturated carbocycles. The van der Waals surface area contributed by atoms with Crippen LogP contribution in [0.25, 0.3) is 0 Å². The number of rotatable bonds is 8. The SMILES string of the molecule is NC(CCCCB(O)O)CCN1CCC1.O=C=O. The van der Waals surface area contributed by atoms with Crippen molar-refractivity contribution < 1.29 is 19.6 Å². The highest BCUT2D eigenvalue weighted by Gasteiger charge is 2.14. The van der Waals surface area contributed by atoms with E-state index in [-0.39, 0.29) is 12.2 Å². The van der Waals surface area contributed by atoms with Gasteiger partial charge in [0, 0.05) is 6.04 Å². The van der Waals surface area contributed by atoms with E-state index in [1.807, 2.05) is 0 Å². The summed E-state index contributed by atoms with van der Waals surface area (Å²) in [5.74, 6) is 0. The fraction of sp³-hybridized carbons (Fsp3) is 0.909. The van der Waals surface area contributed by atoms with Gasteiger partial charge in [-0.05, 0) is 45.2 Å². The zero-order chi connectivity index (χ0) is 13.8. The van der Waals surface area contributed by atoms with Gasteiger partial charge in [-0.25, -0.2) is 0 Å². The van der Waals surface area contributed by atoms with Gasteiger partial charge in [-0.1, -0.05) is 12.8 Å². The maximum Gasteiger partial charge on any atom is 0.451 e. The minimum absolute atomic E-state index is 0.250. The Balaban J connectivity index is 0.000000873. The van der Waals surface area contributed by atoms with Crippen LogP contribution >= 0.6 is 0 Å². The summed E-state index contributed by atoms with van der Waals surface area (Å²) < 4.78 is 0. The molecule has 1 unspecified atom stereocenters. The van der Waals surface area contributed by atoms with Crippen LogP contribution in [0.15, 0.2) is 0 Å². The van der Waals surface area contributed by atoms with Crippen molar-refractivity contribution in [1.82, 2.24) is 4.90 Å². The maximum atomic E-state index is 8.65. The van der Waals surface area contributed by atoms with Gasteiger partial charge in [-0.3, -0.25) is 0 Å². The highest BCUT2D eigenvalue weighted by atomic mass is 16.4. The predicted molar refractivity (Wildman–Crippen MR) is 67.5 cm³/mol. The smallest absolute Gasteiger partial charge is 0.427 e. The van der Waals surface area contributed by atoms with Crippen LogP contribution in [0.4, 0.5) is 0 Å². The van der Waals surface area contributed by atoms with Gasteiger partial charge >= 0.3 is 13.3 Å². The molecular formula is C11H23BN2O4. The van der Waals surface area contributed by atoms with Gasteiger partial charge in [-0.2, -0.15) is 9.59 Å². The highest BCUT2D eigenvalue weighted by Crippen LogP contribution is 2.10. The van der Waals surface area contributed by atoms with Gasteiger partial charge in [0.25, 0.3) is 0 Å². The van der Waals surface area contributed by atoms with Crippen molar-refractivity contribution in [3.05, 3.63) is 0 Å². The molecule has 0 aromatic rings. The van der Waals surface area contributed by atoms with Crippen LogP contribution in [0.5, 0.6) is 0 Å². The summed E-state index contributed by atoms with van der Waals surface area (Å²) >= 11 is 0. The van der Waals surface area contributed by atoms with Crippen LogP contribution in [0, 0.1) is 0 Å². The average molecular weight is 258 g/mol. The summed E-state index contributed by atoms with van der Waals surface area (Å²) in [7, 11) is -1.15. The quantitative estimate of drug-likeness (QED) is 0.399. The van der Waals surface area contributed by atoms with E-state index in [4.69, 9.17) is 25.4 Å². The van der Waals surface area contributed by atoms with Crippen molar-refractivity contribution in [2.75, 3.05) is 19.6 Å². The molecule has 1 aliphatic heterocycles. The summed E-state index contributed by atoms with van der Waals surface area (Å²) in [5, 5.41) is 17.3. The van der Waals surface area contributed by atoms with E-state index < -0.39 is 7.12 Å². The van der Waals surface area contributed by atoms with Gasteiger partial charge in [-0.15, -0.1) is 0 Å². The first-order chi connectivity index (χ1) is 8.60. The second kappa shape index (κ2) is 11.4. The number of hydrogen-bond acceptors (Lipinski definition) is 6. The standard InChI is InChI=1S/C10H23BN2O2.CO2/c12-10(4-1-2-6-11(14)15)5-9-13-7-3-8-13;2-1-3/h10,14-15H,1-9,12H2;. The maximum absolute atomic E-state index is 8.65. The fourth-order valence-corrected chi connectivity index (χ4v) is 1.83. The molecule has 0 amide bonds. The summed E-state index contributed by atoms with van der Waals surface area (Å²) in [5.41, 5.74) is 5.97. The molecule has 1 saturated heterocycles. The Hall–Kier alpha value is -0.715. The van der Waals surface area contributed by atoms with Crippen LogP contribution in [-0.4, -0.2) is 53.9 Å². The zero-order valence-corrected chi connectivity index (χ0v) is 10.8. The Morgan fingerprint density at radius 3 is 2.28 bits per heavy atom. The largest absolute Gasteiger partial charge is 0.451 e. The van der Waals surface area contributed by atoms with E-state index in [0.29, 0.717) is 6.32 Å². The van der Waals surface area contributed by atoms with E-state index >= 15 is 0 Å². The summed E-state index contributed by atoms with van der Waals surface area (Å²) in [6.45, 7) is 3.61. The molecule has 0 radical (unpaired) electrons. The van der Waals surface area contributed by atoms with E-state index in [0.717, 1.165) is 32.2 Å². The lowest BCUT2D eigenvalue weighted by atomic mass is 9.83. The highest BCUT2D eigenvalue weighted by molar-refractivity contribution is 6.40. The molecule has 104 valence electrons. The lowest BCUT2D eigenvalue weighted by molar-refractivity contribution is -0.191. The van der Waals surface area contributed by atoms with Crippen molar-refractivity contribution >= 4 is 13.3 Å². The zero-order valence-electron chi connectivity index (χ0n) is 10.8. The number of hydrogen-bond donors (Lipinski definition) is 3. The van der Waals surface area contributed by atoms with Crippen LogP contribution in [0.3, 0.4) is 0 Å². The molecule has 0 aromatic carbocycles. The average Bonchev–Trinajstić information content (AvgIpc) is 2.23. The Morgan fingerprint density at radius 1 is 1.22 bits per heavy atom. The minimum atomic E-state index is -1.15. The first-order valence-electron chi connectivity index (χ1n) is 6.43. The summed E-state index contributed by atoms with van der Waals surface area (Å²) in [6, 6.07) is 0.279. The van der Waals surface area contributed by atoms with E-state index in [9.17, 15) is 0 Å². The number of carbonyl (C=O) groups excluding carboxylic acids is 2. The second-order valence-corrected chi connectivity index (χ2v) is 4.59. The summed E-state index contributed by atoms with van der Waals surface area (Å²) in [4.78, 5) is 18.7. The molecule has 1 atom stereocenters. The predicted octanol–water partition coefficient (Wildman–Crippen LogP) is -0.531. The normalized spacial score (nSPS) is 15.9. The molecule has 7 heteroatoms. The molecule has 6 nitrogen and oxygen atoms in total. The number of likely N-dealkylation sites (tertiary alicyclic amines) is 1.